The van der Waals surface area contributed by atoms with Gasteiger partial charge in [-0.3, -0.25) is 4.57 Å². The third-order valence-corrected chi connectivity index (χ3v) is 3.64. The molecule has 1 aromatic carbocycles. The number of benzene rings is 1. The van der Waals surface area contributed by atoms with Gasteiger partial charge in [-0.05, 0) is 22.5 Å². The molecule has 0 aliphatic heterocycles. The van der Waals surface area contributed by atoms with Crippen molar-refractivity contribution in [1.82, 2.24) is 14.8 Å². The molecule has 0 bridgehead atoms. The van der Waals surface area contributed by atoms with E-state index < -0.39 is 0 Å². The Morgan fingerprint density at radius 3 is 1.90 bits per heavy atom. The fraction of sp³-hybridized carbons (Fsp3) is 0.529. The lowest BCUT2D eigenvalue weighted by Crippen LogP contribution is -2.19. The van der Waals surface area contributed by atoms with Gasteiger partial charge in [-0.15, -0.1) is 10.2 Å². The molecule has 21 heavy (non-hydrogen) atoms. The summed E-state index contributed by atoms with van der Waals surface area (Å²) in [5.41, 5.74) is 3.52. The normalized spacial score (nSPS) is 12.5. The molecule has 2 aromatic rings. The first kappa shape index (κ1) is 15.5. The second-order valence-corrected chi connectivity index (χ2v) is 7.45. The fourth-order valence-electron chi connectivity index (χ4n) is 2.34. The zero-order valence-electron chi connectivity index (χ0n) is 14.1. The van der Waals surface area contributed by atoms with Crippen LogP contribution in [0, 0.1) is 0 Å². The average molecular weight is 287 g/mol. The zero-order chi connectivity index (χ0) is 15.8. The van der Waals surface area contributed by atoms with Crippen molar-refractivity contribution in [2.45, 2.75) is 52.4 Å². The van der Waals surface area contributed by atoms with Crippen LogP contribution in [-0.4, -0.2) is 21.9 Å². The summed E-state index contributed by atoms with van der Waals surface area (Å²) < 4.78 is 7.62. The van der Waals surface area contributed by atoms with E-state index in [0.717, 1.165) is 11.4 Å². The lowest BCUT2D eigenvalue weighted by molar-refractivity contribution is 0.394. The second-order valence-electron chi connectivity index (χ2n) is 7.45. The summed E-state index contributed by atoms with van der Waals surface area (Å²) in [6, 6.07) is 4.42. The average Bonchev–Trinajstić information content (AvgIpc) is 2.88. The van der Waals surface area contributed by atoms with Gasteiger partial charge in [0.05, 0.1) is 12.8 Å². The molecule has 2 rings (SSSR count). The van der Waals surface area contributed by atoms with Crippen LogP contribution in [0.4, 0.5) is 0 Å². The molecule has 4 heteroatoms. The highest BCUT2D eigenvalue weighted by Gasteiger charge is 2.26. The topological polar surface area (TPSA) is 39.9 Å². The van der Waals surface area contributed by atoms with E-state index in [-0.39, 0.29) is 10.8 Å². The highest BCUT2D eigenvalue weighted by atomic mass is 16.5. The molecule has 0 saturated heterocycles. The van der Waals surface area contributed by atoms with Gasteiger partial charge in [0.15, 0.2) is 0 Å². The van der Waals surface area contributed by atoms with Gasteiger partial charge >= 0.3 is 0 Å². The maximum Gasteiger partial charge on any atom is 0.146 e. The lowest BCUT2D eigenvalue weighted by atomic mass is 9.79. The molecule has 0 N–H and O–H groups in total. The van der Waals surface area contributed by atoms with E-state index in [9.17, 15) is 0 Å². The molecule has 0 radical (unpaired) electrons. The third-order valence-electron chi connectivity index (χ3n) is 3.64. The van der Waals surface area contributed by atoms with E-state index in [2.05, 4.69) is 63.9 Å². The van der Waals surface area contributed by atoms with Crippen LogP contribution in [0.2, 0.25) is 0 Å². The van der Waals surface area contributed by atoms with Crippen LogP contribution in [-0.2, 0) is 10.8 Å². The van der Waals surface area contributed by atoms with Gasteiger partial charge in [0, 0.05) is 5.56 Å². The Bertz CT molecular complexity index is 617. The summed E-state index contributed by atoms with van der Waals surface area (Å²) in [5, 5.41) is 7.83. The highest BCUT2D eigenvalue weighted by molar-refractivity contribution is 5.57. The molecule has 0 unspecified atom stereocenters. The Hall–Kier alpha value is -1.84. The number of hydrogen-bond acceptors (Lipinski definition) is 3. The Labute approximate surface area is 127 Å². The van der Waals surface area contributed by atoms with Crippen molar-refractivity contribution >= 4 is 0 Å². The van der Waals surface area contributed by atoms with E-state index in [1.54, 1.807) is 19.8 Å². The third kappa shape index (κ3) is 3.09. The number of rotatable bonds is 2. The lowest BCUT2D eigenvalue weighted by Gasteiger charge is -2.28. The first-order valence-electron chi connectivity index (χ1n) is 7.22. The number of nitrogens with zero attached hydrogens (tertiary/aromatic N) is 3. The molecule has 0 amide bonds. The van der Waals surface area contributed by atoms with E-state index in [4.69, 9.17) is 4.74 Å². The maximum absolute atomic E-state index is 5.72. The molecule has 4 nitrogen and oxygen atoms in total. The molecular weight excluding hydrogens is 262 g/mol. The predicted octanol–water partition coefficient (Wildman–Crippen LogP) is 3.87. The Balaban J connectivity index is 2.79. The van der Waals surface area contributed by atoms with Crippen molar-refractivity contribution in [2.75, 3.05) is 7.11 Å². The number of aromatic nitrogens is 3. The molecule has 0 fully saturated rings. The van der Waals surface area contributed by atoms with E-state index >= 15 is 0 Å². The molecule has 1 heterocycles. The molecule has 1 aromatic heterocycles. The maximum atomic E-state index is 5.72. The van der Waals surface area contributed by atoms with Crippen molar-refractivity contribution in [2.24, 2.45) is 0 Å². The largest absolute Gasteiger partial charge is 0.494 e. The summed E-state index contributed by atoms with van der Waals surface area (Å²) >= 11 is 0. The van der Waals surface area contributed by atoms with E-state index in [0.29, 0.717) is 0 Å². The summed E-state index contributed by atoms with van der Waals surface area (Å²) in [7, 11) is 1.72. The number of ether oxygens (including phenoxy) is 1. The molecule has 0 aliphatic carbocycles. The van der Waals surface area contributed by atoms with Crippen LogP contribution in [0.25, 0.3) is 5.69 Å². The number of methoxy groups -OCH3 is 1. The van der Waals surface area contributed by atoms with Gasteiger partial charge in [-0.2, -0.15) is 0 Å². The minimum atomic E-state index is -0.00460. The van der Waals surface area contributed by atoms with Gasteiger partial charge in [0.1, 0.15) is 18.4 Å². The molecule has 0 aliphatic rings. The van der Waals surface area contributed by atoms with Crippen molar-refractivity contribution < 1.29 is 4.74 Å². The quantitative estimate of drug-likeness (QED) is 0.841. The van der Waals surface area contributed by atoms with Crippen molar-refractivity contribution in [1.29, 1.82) is 0 Å². The first-order chi connectivity index (χ1) is 9.64. The van der Waals surface area contributed by atoms with Crippen LogP contribution in [0.5, 0.6) is 5.75 Å². The molecule has 0 saturated carbocycles. The monoisotopic (exact) mass is 287 g/mol. The standard InChI is InChI=1S/C17H25N3O/c1-16(2,3)12-8-13(17(4,5)6)15(21-7)14(9-12)20-10-18-19-11-20/h8-11H,1-7H3. The summed E-state index contributed by atoms with van der Waals surface area (Å²) in [6.07, 6.45) is 3.41. The van der Waals surface area contributed by atoms with Crippen molar-refractivity contribution in [3.63, 3.8) is 0 Å². The molecule has 0 atom stereocenters. The van der Waals surface area contributed by atoms with Gasteiger partial charge in [-0.25, -0.2) is 0 Å². The molecule has 114 valence electrons. The van der Waals surface area contributed by atoms with Crippen molar-refractivity contribution in [3.8, 4) is 11.4 Å². The second kappa shape index (κ2) is 5.17. The van der Waals surface area contributed by atoms with Gasteiger partial charge < -0.3 is 4.74 Å². The smallest absolute Gasteiger partial charge is 0.146 e. The summed E-state index contributed by atoms with van der Waals surface area (Å²) in [6.45, 7) is 13.3. The minimum Gasteiger partial charge on any atom is -0.494 e. The Kier molecular flexibility index (Phi) is 3.83. The Morgan fingerprint density at radius 2 is 1.48 bits per heavy atom. The SMILES string of the molecule is COc1c(-n2cnnc2)cc(C(C)(C)C)cc1C(C)(C)C. The highest BCUT2D eigenvalue weighted by Crippen LogP contribution is 2.39. The predicted molar refractivity (Wildman–Crippen MR) is 85.3 cm³/mol. The Morgan fingerprint density at radius 1 is 0.905 bits per heavy atom. The molecule has 0 spiro atoms. The summed E-state index contributed by atoms with van der Waals surface area (Å²) in [4.78, 5) is 0. The fourth-order valence-corrected chi connectivity index (χ4v) is 2.34. The van der Waals surface area contributed by atoms with Crippen LogP contribution >= 0.6 is 0 Å². The van der Waals surface area contributed by atoms with Gasteiger partial charge in [-0.1, -0.05) is 47.6 Å². The van der Waals surface area contributed by atoms with Gasteiger partial charge in [0.2, 0.25) is 0 Å². The van der Waals surface area contributed by atoms with Crippen LogP contribution in [0.1, 0.15) is 52.7 Å². The van der Waals surface area contributed by atoms with Crippen molar-refractivity contribution in [3.05, 3.63) is 35.9 Å². The van der Waals surface area contributed by atoms with E-state index in [1.807, 2.05) is 4.57 Å². The first-order valence-corrected chi connectivity index (χ1v) is 7.22. The minimum absolute atomic E-state index is 0.00460. The molecular formula is C17H25N3O. The van der Waals surface area contributed by atoms with Crippen LogP contribution < -0.4 is 4.74 Å². The van der Waals surface area contributed by atoms with Gasteiger partial charge in [0.25, 0.3) is 0 Å². The van der Waals surface area contributed by atoms with Crippen LogP contribution in [0.15, 0.2) is 24.8 Å². The number of hydrogen-bond donors (Lipinski definition) is 0. The van der Waals surface area contributed by atoms with E-state index in [1.165, 1.54) is 11.1 Å². The van der Waals surface area contributed by atoms with Crippen LogP contribution in [0.3, 0.4) is 0 Å². The summed E-state index contributed by atoms with van der Waals surface area (Å²) in [5.74, 6) is 0.885. The zero-order valence-corrected chi connectivity index (χ0v) is 14.1.